The van der Waals surface area contributed by atoms with Gasteiger partial charge < -0.3 is 13.6 Å². The van der Waals surface area contributed by atoms with Crippen molar-refractivity contribution < 1.29 is 18.4 Å². The number of carbonyl (C=O) groups excluding carboxylic acids is 1. The molecule has 0 bridgehead atoms. The summed E-state index contributed by atoms with van der Waals surface area (Å²) >= 11 is 0. The van der Waals surface area contributed by atoms with Crippen LogP contribution in [0.3, 0.4) is 0 Å². The van der Waals surface area contributed by atoms with Crippen LogP contribution in [-0.4, -0.2) is 22.6 Å². The molecule has 0 saturated heterocycles. The Hall–Kier alpha value is -2.32. The zero-order valence-electron chi connectivity index (χ0n) is 23.5. The molecule has 4 nitrogen and oxygen atoms in total. The molecule has 6 heteroatoms. The van der Waals surface area contributed by atoms with Gasteiger partial charge in [-0.2, -0.15) is 0 Å². The van der Waals surface area contributed by atoms with Gasteiger partial charge in [0.25, 0.3) is 0 Å². The van der Waals surface area contributed by atoms with Crippen LogP contribution in [0.1, 0.15) is 72.4 Å². The molecular formula is C30H46O4Si2. The summed E-state index contributed by atoms with van der Waals surface area (Å²) in [5.74, 6) is 2.24. The van der Waals surface area contributed by atoms with Gasteiger partial charge in [0.2, 0.25) is 16.6 Å². The summed E-state index contributed by atoms with van der Waals surface area (Å²) < 4.78 is 18.9. The molecule has 0 atom stereocenters. The lowest BCUT2D eigenvalue weighted by molar-refractivity contribution is -0.134. The Morgan fingerprint density at radius 3 is 1.50 bits per heavy atom. The molecule has 0 heterocycles. The molecule has 0 aliphatic carbocycles. The minimum Gasteiger partial charge on any atom is -0.543 e. The maximum atomic E-state index is 11.7. The van der Waals surface area contributed by atoms with Crippen LogP contribution < -0.4 is 13.6 Å². The second kappa shape index (κ2) is 14.4. The van der Waals surface area contributed by atoms with E-state index in [0.29, 0.717) is 12.2 Å². The van der Waals surface area contributed by atoms with E-state index in [9.17, 15) is 4.79 Å². The predicted octanol–water partition coefficient (Wildman–Crippen LogP) is 9.33. The van der Waals surface area contributed by atoms with Crippen molar-refractivity contribution in [2.24, 2.45) is 0 Å². The first-order chi connectivity index (χ1) is 17.3. The highest BCUT2D eigenvalue weighted by Crippen LogP contribution is 2.33. The van der Waals surface area contributed by atoms with Crippen molar-refractivity contribution in [2.45, 2.75) is 97.6 Å². The maximum absolute atomic E-state index is 11.7. The third kappa shape index (κ3) is 8.37. The third-order valence-corrected chi connectivity index (χ3v) is 16.5. The lowest BCUT2D eigenvalue weighted by Gasteiger charge is -2.31. The first-order valence-corrected chi connectivity index (χ1v) is 18.9. The standard InChI is InChI=1S/C30H46O4Si2/c1-8-15-30(31)32-27-20-18-25(19-21-27)16-17-26-22-28(33-35(9-2,10-3)11-4)24-29(23-26)34-36(12-5,13-6)14-7/h16-24H,8-15H2,1-7H3/b17-16+. The molecule has 2 aromatic rings. The third-order valence-electron chi connectivity index (χ3n) is 7.47. The van der Waals surface area contributed by atoms with Gasteiger partial charge in [0, 0.05) is 12.5 Å². The van der Waals surface area contributed by atoms with E-state index >= 15 is 0 Å². The van der Waals surface area contributed by atoms with Crippen LogP contribution in [0.15, 0.2) is 42.5 Å². The minimum absolute atomic E-state index is 0.193. The highest BCUT2D eigenvalue weighted by Gasteiger charge is 2.33. The fourth-order valence-corrected chi connectivity index (χ4v) is 9.57. The van der Waals surface area contributed by atoms with Crippen molar-refractivity contribution in [3.63, 3.8) is 0 Å². The monoisotopic (exact) mass is 526 g/mol. The van der Waals surface area contributed by atoms with E-state index in [4.69, 9.17) is 13.6 Å². The van der Waals surface area contributed by atoms with Gasteiger partial charge in [-0.15, -0.1) is 0 Å². The highest BCUT2D eigenvalue weighted by atomic mass is 28.4. The van der Waals surface area contributed by atoms with Crippen LogP contribution in [0.2, 0.25) is 36.3 Å². The van der Waals surface area contributed by atoms with Gasteiger partial charge in [0.05, 0.1) is 0 Å². The van der Waals surface area contributed by atoms with Crippen LogP contribution >= 0.6 is 0 Å². The number of carbonyl (C=O) groups is 1. The average molecular weight is 527 g/mol. The van der Waals surface area contributed by atoms with Gasteiger partial charge in [-0.3, -0.25) is 4.79 Å². The van der Waals surface area contributed by atoms with Crippen LogP contribution in [-0.2, 0) is 4.79 Å². The molecule has 0 unspecified atom stereocenters. The molecule has 36 heavy (non-hydrogen) atoms. The molecule has 0 amide bonds. The Labute approximate surface area is 221 Å². The molecule has 0 fully saturated rings. The number of esters is 1. The van der Waals surface area contributed by atoms with Gasteiger partial charge in [0.15, 0.2) is 0 Å². The van der Waals surface area contributed by atoms with E-state index in [0.717, 1.165) is 65.3 Å². The summed E-state index contributed by atoms with van der Waals surface area (Å²) in [4.78, 5) is 11.7. The van der Waals surface area contributed by atoms with E-state index in [2.05, 4.69) is 71.9 Å². The van der Waals surface area contributed by atoms with E-state index < -0.39 is 16.6 Å². The number of benzene rings is 2. The van der Waals surface area contributed by atoms with E-state index in [-0.39, 0.29) is 5.97 Å². The SMILES string of the molecule is CCCC(=O)Oc1ccc(/C=C/c2cc(O[Si](CC)(CC)CC)cc(O[Si](CC)(CC)CC)c2)cc1. The first-order valence-electron chi connectivity index (χ1n) is 13.8. The van der Waals surface area contributed by atoms with Crippen molar-refractivity contribution >= 4 is 34.8 Å². The molecule has 0 spiro atoms. The van der Waals surface area contributed by atoms with E-state index in [1.54, 1.807) is 0 Å². The number of hydrogen-bond donors (Lipinski definition) is 0. The Balaban J connectivity index is 2.35. The van der Waals surface area contributed by atoms with Crippen molar-refractivity contribution in [3.05, 3.63) is 53.6 Å². The normalized spacial score (nSPS) is 12.1. The number of ether oxygens (including phenoxy) is 1. The smallest absolute Gasteiger partial charge is 0.311 e. The second-order valence-electron chi connectivity index (χ2n) is 9.56. The molecule has 0 N–H and O–H groups in total. The van der Waals surface area contributed by atoms with Crippen LogP contribution in [0.25, 0.3) is 12.2 Å². The molecule has 0 radical (unpaired) electrons. The van der Waals surface area contributed by atoms with Crippen molar-refractivity contribution in [1.29, 1.82) is 0 Å². The molecule has 0 aliphatic rings. The molecule has 0 saturated carbocycles. The Bertz CT molecular complexity index is 920. The largest absolute Gasteiger partial charge is 0.543 e. The van der Waals surface area contributed by atoms with Gasteiger partial charge >= 0.3 is 5.97 Å². The fourth-order valence-electron chi connectivity index (χ4n) is 4.47. The highest BCUT2D eigenvalue weighted by molar-refractivity contribution is 6.74. The first kappa shape index (κ1) is 29.9. The minimum atomic E-state index is -1.81. The maximum Gasteiger partial charge on any atom is 0.311 e. The van der Waals surface area contributed by atoms with Gasteiger partial charge in [0.1, 0.15) is 17.2 Å². The topological polar surface area (TPSA) is 44.8 Å². The lowest BCUT2D eigenvalue weighted by Crippen LogP contribution is -2.40. The Morgan fingerprint density at radius 1 is 0.639 bits per heavy atom. The summed E-state index contributed by atoms with van der Waals surface area (Å²) in [6.45, 7) is 15.5. The molecular weight excluding hydrogens is 480 g/mol. The van der Waals surface area contributed by atoms with Crippen molar-refractivity contribution in [1.82, 2.24) is 0 Å². The van der Waals surface area contributed by atoms with Gasteiger partial charge in [-0.25, -0.2) is 0 Å². The van der Waals surface area contributed by atoms with Crippen molar-refractivity contribution in [3.8, 4) is 17.2 Å². The zero-order chi connectivity index (χ0) is 26.6. The van der Waals surface area contributed by atoms with Crippen LogP contribution in [0.4, 0.5) is 0 Å². The van der Waals surface area contributed by atoms with Gasteiger partial charge in [-0.05, 0) is 78.1 Å². The summed E-state index contributed by atoms with van der Waals surface area (Å²) in [6.07, 6.45) is 5.40. The molecule has 0 aromatic heterocycles. The van der Waals surface area contributed by atoms with Crippen LogP contribution in [0, 0.1) is 0 Å². The summed E-state index contributed by atoms with van der Waals surface area (Å²) in [7, 11) is -3.62. The molecule has 198 valence electrons. The van der Waals surface area contributed by atoms with E-state index in [1.165, 1.54) is 0 Å². The summed E-state index contributed by atoms with van der Waals surface area (Å²) in [5.41, 5.74) is 2.11. The lowest BCUT2D eigenvalue weighted by atomic mass is 10.1. The van der Waals surface area contributed by atoms with Crippen molar-refractivity contribution in [2.75, 3.05) is 0 Å². The van der Waals surface area contributed by atoms with Crippen LogP contribution in [0.5, 0.6) is 17.2 Å². The van der Waals surface area contributed by atoms with E-state index in [1.807, 2.05) is 31.2 Å². The summed E-state index contributed by atoms with van der Waals surface area (Å²) in [5, 5.41) is 0. The number of hydrogen-bond acceptors (Lipinski definition) is 4. The molecule has 2 rings (SSSR count). The fraction of sp³-hybridized carbons (Fsp3) is 0.500. The molecule has 0 aliphatic heterocycles. The number of rotatable bonds is 15. The average Bonchev–Trinajstić information content (AvgIpc) is 2.90. The Kier molecular flexibility index (Phi) is 12.0. The Morgan fingerprint density at radius 2 is 1.08 bits per heavy atom. The quantitative estimate of drug-likeness (QED) is 0.100. The second-order valence-corrected chi connectivity index (χ2v) is 18.9. The summed E-state index contributed by atoms with van der Waals surface area (Å²) in [6, 6.07) is 20.6. The molecule has 2 aromatic carbocycles. The zero-order valence-corrected chi connectivity index (χ0v) is 25.5. The predicted molar refractivity (Wildman–Crippen MR) is 158 cm³/mol. The van der Waals surface area contributed by atoms with Gasteiger partial charge in [-0.1, -0.05) is 72.8 Å².